The predicted molar refractivity (Wildman–Crippen MR) is 67.1 cm³/mol. The average molecular weight is 254 g/mol. The SMILES string of the molecule is O=C1CCCCN1CCOCCN1CCCC1=O. The molecule has 2 aliphatic heterocycles. The zero-order valence-corrected chi connectivity index (χ0v) is 10.9. The van der Waals surface area contributed by atoms with Gasteiger partial charge in [-0.15, -0.1) is 0 Å². The van der Waals surface area contributed by atoms with Gasteiger partial charge in [0.15, 0.2) is 0 Å². The molecule has 18 heavy (non-hydrogen) atoms. The predicted octanol–water partition coefficient (Wildman–Crippen LogP) is 0.638. The van der Waals surface area contributed by atoms with Crippen molar-refractivity contribution in [3.8, 4) is 0 Å². The first-order chi connectivity index (χ1) is 8.77. The Morgan fingerprint density at radius 3 is 1.94 bits per heavy atom. The molecule has 0 atom stereocenters. The topological polar surface area (TPSA) is 49.9 Å². The van der Waals surface area contributed by atoms with E-state index in [2.05, 4.69) is 0 Å². The van der Waals surface area contributed by atoms with Crippen molar-refractivity contribution in [1.82, 2.24) is 9.80 Å². The van der Waals surface area contributed by atoms with E-state index in [1.54, 1.807) is 0 Å². The molecule has 0 aromatic rings. The molecule has 0 radical (unpaired) electrons. The Morgan fingerprint density at radius 1 is 0.833 bits per heavy atom. The maximum Gasteiger partial charge on any atom is 0.222 e. The zero-order chi connectivity index (χ0) is 12.8. The number of likely N-dealkylation sites (tertiary alicyclic amines) is 2. The lowest BCUT2D eigenvalue weighted by molar-refractivity contribution is -0.134. The van der Waals surface area contributed by atoms with Crippen molar-refractivity contribution in [2.45, 2.75) is 32.1 Å². The summed E-state index contributed by atoms with van der Waals surface area (Å²) in [4.78, 5) is 26.6. The van der Waals surface area contributed by atoms with Gasteiger partial charge in [0.05, 0.1) is 13.2 Å². The fourth-order valence-electron chi connectivity index (χ4n) is 2.49. The number of ether oxygens (including phenoxy) is 1. The van der Waals surface area contributed by atoms with Crippen molar-refractivity contribution in [1.29, 1.82) is 0 Å². The lowest BCUT2D eigenvalue weighted by atomic mass is 10.1. The summed E-state index contributed by atoms with van der Waals surface area (Å²) in [7, 11) is 0. The van der Waals surface area contributed by atoms with Crippen LogP contribution in [0.4, 0.5) is 0 Å². The molecule has 2 aliphatic rings. The van der Waals surface area contributed by atoms with Crippen LogP contribution < -0.4 is 0 Å². The lowest BCUT2D eigenvalue weighted by Gasteiger charge is -2.26. The molecule has 2 rings (SSSR count). The van der Waals surface area contributed by atoms with Crippen LogP contribution in [0.25, 0.3) is 0 Å². The lowest BCUT2D eigenvalue weighted by Crippen LogP contribution is -2.38. The fourth-order valence-corrected chi connectivity index (χ4v) is 2.49. The molecule has 5 heteroatoms. The van der Waals surface area contributed by atoms with Gasteiger partial charge >= 0.3 is 0 Å². The van der Waals surface area contributed by atoms with Crippen LogP contribution in [0, 0.1) is 0 Å². The van der Waals surface area contributed by atoms with Gasteiger partial charge in [-0.05, 0) is 19.3 Å². The summed E-state index contributed by atoms with van der Waals surface area (Å²) < 4.78 is 5.51. The summed E-state index contributed by atoms with van der Waals surface area (Å²) in [6.45, 7) is 4.26. The summed E-state index contributed by atoms with van der Waals surface area (Å²) in [6, 6.07) is 0. The molecule has 5 nitrogen and oxygen atoms in total. The van der Waals surface area contributed by atoms with E-state index in [0.717, 1.165) is 32.4 Å². The second kappa shape index (κ2) is 6.73. The number of piperidine rings is 1. The third kappa shape index (κ3) is 3.70. The Bertz CT molecular complexity index is 307. The number of hydrogen-bond acceptors (Lipinski definition) is 3. The molecule has 0 aromatic carbocycles. The first kappa shape index (κ1) is 13.3. The molecule has 0 bridgehead atoms. The summed E-state index contributed by atoms with van der Waals surface area (Å²) >= 11 is 0. The molecule has 102 valence electrons. The number of rotatable bonds is 6. The van der Waals surface area contributed by atoms with Crippen LogP contribution in [0.2, 0.25) is 0 Å². The highest BCUT2D eigenvalue weighted by molar-refractivity contribution is 5.78. The number of carbonyl (C=O) groups excluding carboxylic acids is 2. The van der Waals surface area contributed by atoms with Crippen LogP contribution in [0.5, 0.6) is 0 Å². The normalized spacial score (nSPS) is 20.9. The smallest absolute Gasteiger partial charge is 0.222 e. The maximum atomic E-state index is 11.5. The van der Waals surface area contributed by atoms with Crippen molar-refractivity contribution in [2.24, 2.45) is 0 Å². The van der Waals surface area contributed by atoms with Crippen molar-refractivity contribution in [2.75, 3.05) is 39.4 Å². The van der Waals surface area contributed by atoms with Gasteiger partial charge in [-0.25, -0.2) is 0 Å². The van der Waals surface area contributed by atoms with Crippen LogP contribution in [-0.4, -0.2) is 61.0 Å². The maximum absolute atomic E-state index is 11.5. The molecule has 0 aliphatic carbocycles. The van der Waals surface area contributed by atoms with Crippen molar-refractivity contribution in [3.05, 3.63) is 0 Å². The minimum absolute atomic E-state index is 0.241. The highest BCUT2D eigenvalue weighted by Crippen LogP contribution is 2.10. The highest BCUT2D eigenvalue weighted by atomic mass is 16.5. The van der Waals surface area contributed by atoms with E-state index in [0.29, 0.717) is 39.1 Å². The molecule has 0 spiro atoms. The number of carbonyl (C=O) groups is 2. The quantitative estimate of drug-likeness (QED) is 0.654. The first-order valence-electron chi connectivity index (χ1n) is 6.90. The summed E-state index contributed by atoms with van der Waals surface area (Å²) in [6.07, 6.45) is 4.47. The average Bonchev–Trinajstić information content (AvgIpc) is 2.77. The highest BCUT2D eigenvalue weighted by Gasteiger charge is 2.20. The van der Waals surface area contributed by atoms with Crippen LogP contribution >= 0.6 is 0 Å². The van der Waals surface area contributed by atoms with E-state index < -0.39 is 0 Å². The summed E-state index contributed by atoms with van der Waals surface area (Å²) in [5, 5.41) is 0. The molecule has 2 fully saturated rings. The molecule has 0 aromatic heterocycles. The first-order valence-corrected chi connectivity index (χ1v) is 6.90. The van der Waals surface area contributed by atoms with E-state index in [9.17, 15) is 9.59 Å². The van der Waals surface area contributed by atoms with E-state index >= 15 is 0 Å². The molecule has 0 N–H and O–H groups in total. The Balaban J connectivity index is 1.53. The van der Waals surface area contributed by atoms with Gasteiger partial charge in [-0.2, -0.15) is 0 Å². The molecule has 2 saturated heterocycles. The number of amides is 2. The molecule has 0 saturated carbocycles. The van der Waals surface area contributed by atoms with E-state index in [1.807, 2.05) is 9.80 Å². The van der Waals surface area contributed by atoms with Gasteiger partial charge in [-0.3, -0.25) is 9.59 Å². The van der Waals surface area contributed by atoms with Crippen molar-refractivity contribution in [3.63, 3.8) is 0 Å². The Hall–Kier alpha value is -1.10. The molecular weight excluding hydrogens is 232 g/mol. The van der Waals surface area contributed by atoms with E-state index in [-0.39, 0.29) is 11.8 Å². The second-order valence-electron chi connectivity index (χ2n) is 4.93. The van der Waals surface area contributed by atoms with Gasteiger partial charge < -0.3 is 14.5 Å². The Labute approximate surface area is 108 Å². The van der Waals surface area contributed by atoms with E-state index in [4.69, 9.17) is 4.74 Å². The van der Waals surface area contributed by atoms with Crippen molar-refractivity contribution < 1.29 is 14.3 Å². The van der Waals surface area contributed by atoms with Crippen LogP contribution in [-0.2, 0) is 14.3 Å². The minimum atomic E-state index is 0.241. The largest absolute Gasteiger partial charge is 0.378 e. The third-order valence-corrected chi connectivity index (χ3v) is 3.60. The molecule has 0 unspecified atom stereocenters. The van der Waals surface area contributed by atoms with Gasteiger partial charge in [0.2, 0.25) is 11.8 Å². The van der Waals surface area contributed by atoms with Gasteiger partial charge in [0, 0.05) is 39.0 Å². The summed E-state index contributed by atoms with van der Waals surface area (Å²) in [5.41, 5.74) is 0. The van der Waals surface area contributed by atoms with Gasteiger partial charge in [0.25, 0.3) is 0 Å². The standard InChI is InChI=1S/C13H22N2O3/c16-12-4-1-2-6-14(12)8-10-18-11-9-15-7-3-5-13(15)17/h1-11H2. The third-order valence-electron chi connectivity index (χ3n) is 3.60. The van der Waals surface area contributed by atoms with Crippen LogP contribution in [0.3, 0.4) is 0 Å². The van der Waals surface area contributed by atoms with Crippen LogP contribution in [0.15, 0.2) is 0 Å². The van der Waals surface area contributed by atoms with Crippen molar-refractivity contribution >= 4 is 11.8 Å². The minimum Gasteiger partial charge on any atom is -0.378 e. The van der Waals surface area contributed by atoms with Gasteiger partial charge in [0.1, 0.15) is 0 Å². The Morgan fingerprint density at radius 2 is 1.39 bits per heavy atom. The van der Waals surface area contributed by atoms with E-state index in [1.165, 1.54) is 0 Å². The van der Waals surface area contributed by atoms with Crippen LogP contribution in [0.1, 0.15) is 32.1 Å². The molecule has 2 heterocycles. The fraction of sp³-hybridized carbons (Fsp3) is 0.846. The molecular formula is C13H22N2O3. The number of hydrogen-bond donors (Lipinski definition) is 0. The Kier molecular flexibility index (Phi) is 4.99. The zero-order valence-electron chi connectivity index (χ0n) is 10.9. The monoisotopic (exact) mass is 254 g/mol. The van der Waals surface area contributed by atoms with Gasteiger partial charge in [-0.1, -0.05) is 0 Å². The summed E-state index contributed by atoms with van der Waals surface area (Å²) in [5.74, 6) is 0.490. The molecule has 2 amide bonds. The second-order valence-corrected chi connectivity index (χ2v) is 4.93. The number of nitrogens with zero attached hydrogens (tertiary/aromatic N) is 2.